The molecule has 4 aromatic rings. The summed E-state index contributed by atoms with van der Waals surface area (Å²) in [5.74, 6) is -1.84. The van der Waals surface area contributed by atoms with Crippen molar-refractivity contribution >= 4 is 28.6 Å². The molecule has 4 N–H and O–H groups in total. The van der Waals surface area contributed by atoms with Crippen LogP contribution in [0.2, 0.25) is 0 Å². The first kappa shape index (κ1) is 20.9. The molecule has 1 atom stereocenters. The number of nitrogens with zero attached hydrogens (tertiary/aromatic N) is 6. The number of carbonyl (C=O) groups excluding carboxylic acids is 1. The predicted octanol–water partition coefficient (Wildman–Crippen LogP) is 2.25. The highest BCUT2D eigenvalue weighted by Crippen LogP contribution is 2.30. The SMILES string of the molecule is Nc1ncnc2c1ncn2Cc1cc(-c2ccc(F)c(F)c2)ncc1N1CCCC(N)C1=O. The summed E-state index contributed by atoms with van der Waals surface area (Å²) < 4.78 is 29.0. The Hall–Kier alpha value is -3.99. The molecule has 0 spiro atoms. The highest BCUT2D eigenvalue weighted by Gasteiger charge is 2.29. The molecular weight excluding hydrogens is 430 g/mol. The van der Waals surface area contributed by atoms with Crippen molar-refractivity contribution in [2.24, 2.45) is 5.73 Å². The van der Waals surface area contributed by atoms with E-state index in [1.165, 1.54) is 12.4 Å². The molecule has 3 aromatic heterocycles. The molecule has 0 saturated carbocycles. The summed E-state index contributed by atoms with van der Waals surface area (Å²) in [6.45, 7) is 0.784. The third-order valence-electron chi connectivity index (χ3n) is 5.72. The lowest BCUT2D eigenvalue weighted by Gasteiger charge is -2.32. The standard InChI is InChI=1S/C22H20F2N8O/c23-14-4-3-12(6-15(14)24)17-7-13(9-31-11-30-19-20(26)28-10-29-21(19)31)18(8-27-17)32-5-1-2-16(25)22(32)33/h3-4,6-8,10-11,16H,1-2,5,9,25H2,(H2,26,28,29). The Morgan fingerprint density at radius 3 is 2.76 bits per heavy atom. The molecule has 4 heterocycles. The van der Waals surface area contributed by atoms with Gasteiger partial charge in [0.15, 0.2) is 23.1 Å². The summed E-state index contributed by atoms with van der Waals surface area (Å²) in [7, 11) is 0. The summed E-state index contributed by atoms with van der Waals surface area (Å²) in [6, 6.07) is 4.75. The monoisotopic (exact) mass is 450 g/mol. The second-order valence-electron chi connectivity index (χ2n) is 7.87. The third-order valence-corrected chi connectivity index (χ3v) is 5.72. The maximum absolute atomic E-state index is 13.8. The first-order valence-corrected chi connectivity index (χ1v) is 10.3. The number of pyridine rings is 1. The highest BCUT2D eigenvalue weighted by atomic mass is 19.2. The van der Waals surface area contributed by atoms with E-state index in [-0.39, 0.29) is 18.3 Å². The Labute approximate surface area is 187 Å². The summed E-state index contributed by atoms with van der Waals surface area (Å²) in [4.78, 5) is 31.4. The Balaban J connectivity index is 1.62. The van der Waals surface area contributed by atoms with Crippen LogP contribution < -0.4 is 16.4 Å². The lowest BCUT2D eigenvalue weighted by molar-refractivity contribution is -0.120. The molecule has 1 fully saturated rings. The van der Waals surface area contributed by atoms with E-state index in [0.717, 1.165) is 18.6 Å². The molecule has 1 aliphatic heterocycles. The van der Waals surface area contributed by atoms with Gasteiger partial charge < -0.3 is 20.9 Å². The molecule has 1 saturated heterocycles. The van der Waals surface area contributed by atoms with Gasteiger partial charge in [-0.15, -0.1) is 0 Å². The van der Waals surface area contributed by atoms with Crippen molar-refractivity contribution in [3.63, 3.8) is 0 Å². The van der Waals surface area contributed by atoms with Gasteiger partial charge in [0.1, 0.15) is 11.8 Å². The Morgan fingerprint density at radius 2 is 1.94 bits per heavy atom. The van der Waals surface area contributed by atoms with Gasteiger partial charge in [-0.1, -0.05) is 0 Å². The molecule has 1 aliphatic rings. The second-order valence-corrected chi connectivity index (χ2v) is 7.87. The molecule has 1 unspecified atom stereocenters. The van der Waals surface area contributed by atoms with Gasteiger partial charge in [0.25, 0.3) is 0 Å². The largest absolute Gasteiger partial charge is 0.382 e. The van der Waals surface area contributed by atoms with Crippen LogP contribution >= 0.6 is 0 Å². The van der Waals surface area contributed by atoms with Crippen molar-refractivity contribution in [3.05, 3.63) is 60.3 Å². The van der Waals surface area contributed by atoms with Gasteiger partial charge in [-0.25, -0.2) is 23.7 Å². The van der Waals surface area contributed by atoms with E-state index < -0.39 is 17.7 Å². The minimum Gasteiger partial charge on any atom is -0.382 e. The topological polar surface area (TPSA) is 129 Å². The molecule has 168 valence electrons. The van der Waals surface area contributed by atoms with Crippen molar-refractivity contribution in [2.75, 3.05) is 17.2 Å². The van der Waals surface area contributed by atoms with Crippen LogP contribution in [0, 0.1) is 11.6 Å². The number of imidazole rings is 1. The average Bonchev–Trinajstić information content (AvgIpc) is 3.22. The normalized spacial score (nSPS) is 16.5. The number of piperidine rings is 1. The van der Waals surface area contributed by atoms with Crippen molar-refractivity contribution in [2.45, 2.75) is 25.4 Å². The fourth-order valence-electron chi connectivity index (χ4n) is 4.01. The molecule has 11 heteroatoms. The maximum Gasteiger partial charge on any atom is 0.243 e. The summed E-state index contributed by atoms with van der Waals surface area (Å²) in [5.41, 5.74) is 15.0. The van der Waals surface area contributed by atoms with Crippen LogP contribution in [0.1, 0.15) is 18.4 Å². The van der Waals surface area contributed by atoms with Crippen LogP contribution in [-0.4, -0.2) is 43.0 Å². The third kappa shape index (κ3) is 3.76. The zero-order valence-electron chi connectivity index (χ0n) is 17.4. The number of benzene rings is 1. The van der Waals surface area contributed by atoms with Gasteiger partial charge in [-0.3, -0.25) is 9.78 Å². The van der Waals surface area contributed by atoms with E-state index in [0.29, 0.717) is 46.6 Å². The van der Waals surface area contributed by atoms with Gasteiger partial charge >= 0.3 is 0 Å². The Bertz CT molecular complexity index is 1370. The van der Waals surface area contributed by atoms with Crippen molar-refractivity contribution in [1.82, 2.24) is 24.5 Å². The zero-order chi connectivity index (χ0) is 23.1. The Morgan fingerprint density at radius 1 is 1.09 bits per heavy atom. The number of rotatable bonds is 4. The Kier molecular flexibility index (Phi) is 5.17. The molecular formula is C22H20F2N8O. The first-order chi connectivity index (χ1) is 15.9. The van der Waals surface area contributed by atoms with Crippen LogP contribution in [-0.2, 0) is 11.3 Å². The lowest BCUT2D eigenvalue weighted by Crippen LogP contribution is -2.48. The van der Waals surface area contributed by atoms with Crippen LogP contribution in [0.15, 0.2) is 43.1 Å². The fourth-order valence-corrected chi connectivity index (χ4v) is 4.01. The number of fused-ring (bicyclic) bond motifs is 1. The molecule has 1 amide bonds. The van der Waals surface area contributed by atoms with E-state index >= 15 is 0 Å². The maximum atomic E-state index is 13.8. The number of halogens is 2. The summed E-state index contributed by atoms with van der Waals surface area (Å²) in [5, 5.41) is 0. The van der Waals surface area contributed by atoms with Crippen LogP contribution in [0.25, 0.3) is 22.4 Å². The predicted molar refractivity (Wildman–Crippen MR) is 118 cm³/mol. The van der Waals surface area contributed by atoms with Crippen molar-refractivity contribution < 1.29 is 13.6 Å². The van der Waals surface area contributed by atoms with Crippen LogP contribution in [0.4, 0.5) is 20.3 Å². The van der Waals surface area contributed by atoms with E-state index in [1.54, 1.807) is 28.1 Å². The minimum absolute atomic E-state index is 0.188. The van der Waals surface area contributed by atoms with E-state index in [2.05, 4.69) is 19.9 Å². The van der Waals surface area contributed by atoms with Crippen LogP contribution in [0.3, 0.4) is 0 Å². The quantitative estimate of drug-likeness (QED) is 0.488. The zero-order valence-corrected chi connectivity index (χ0v) is 17.4. The number of carbonyl (C=O) groups is 1. The smallest absolute Gasteiger partial charge is 0.243 e. The van der Waals surface area contributed by atoms with E-state index in [4.69, 9.17) is 11.5 Å². The van der Waals surface area contributed by atoms with Crippen molar-refractivity contribution in [1.29, 1.82) is 0 Å². The van der Waals surface area contributed by atoms with Gasteiger partial charge in [-0.2, -0.15) is 0 Å². The number of hydrogen-bond donors (Lipinski definition) is 2. The summed E-state index contributed by atoms with van der Waals surface area (Å²) >= 11 is 0. The van der Waals surface area contributed by atoms with Gasteiger partial charge in [0.2, 0.25) is 5.91 Å². The number of nitrogens with two attached hydrogens (primary N) is 2. The highest BCUT2D eigenvalue weighted by molar-refractivity contribution is 5.98. The average molecular weight is 450 g/mol. The molecule has 0 radical (unpaired) electrons. The number of anilines is 2. The van der Waals surface area contributed by atoms with Gasteiger partial charge in [0.05, 0.1) is 36.5 Å². The molecule has 0 aliphatic carbocycles. The fraction of sp³-hybridized carbons (Fsp3) is 0.227. The molecule has 9 nitrogen and oxygen atoms in total. The number of hydrogen-bond acceptors (Lipinski definition) is 7. The molecule has 33 heavy (non-hydrogen) atoms. The molecule has 5 rings (SSSR count). The lowest BCUT2D eigenvalue weighted by atomic mass is 10.0. The van der Waals surface area contributed by atoms with E-state index in [9.17, 15) is 13.6 Å². The number of aromatic nitrogens is 5. The van der Waals surface area contributed by atoms with Crippen LogP contribution in [0.5, 0.6) is 0 Å². The van der Waals surface area contributed by atoms with Crippen molar-refractivity contribution in [3.8, 4) is 11.3 Å². The molecule has 0 bridgehead atoms. The minimum atomic E-state index is -0.968. The number of amides is 1. The molecule has 1 aromatic carbocycles. The van der Waals surface area contributed by atoms with Gasteiger partial charge in [-0.05, 0) is 42.7 Å². The van der Waals surface area contributed by atoms with Gasteiger partial charge in [0, 0.05) is 12.1 Å². The number of nitrogen functional groups attached to an aromatic ring is 1. The summed E-state index contributed by atoms with van der Waals surface area (Å²) in [6.07, 6.45) is 5.87. The second kappa shape index (κ2) is 8.17. The first-order valence-electron chi connectivity index (χ1n) is 10.3. The van der Waals surface area contributed by atoms with E-state index in [1.807, 2.05) is 0 Å².